The zero-order valence-electron chi connectivity index (χ0n) is 10.7. The summed E-state index contributed by atoms with van der Waals surface area (Å²) in [5.74, 6) is -0.978. The number of carbonyl (C=O) groups excluding carboxylic acids is 2. The van der Waals surface area contributed by atoms with Crippen LogP contribution >= 0.6 is 0 Å². The molecule has 0 saturated carbocycles. The summed E-state index contributed by atoms with van der Waals surface area (Å²) in [6.45, 7) is 0.933. The Hall–Kier alpha value is -2.24. The number of anilines is 2. The van der Waals surface area contributed by atoms with Gasteiger partial charge in [0.25, 0.3) is 0 Å². The molecule has 19 heavy (non-hydrogen) atoms. The summed E-state index contributed by atoms with van der Waals surface area (Å²) >= 11 is 0. The van der Waals surface area contributed by atoms with Crippen molar-refractivity contribution in [3.05, 3.63) is 23.8 Å². The SMILES string of the molecule is NC(=O)CN(CC(N)=O)c1ccc2c(c1)CCCN2. The third-order valence-corrected chi connectivity index (χ3v) is 3.09. The number of hydrogen-bond donors (Lipinski definition) is 3. The summed E-state index contributed by atoms with van der Waals surface area (Å²) in [5.41, 5.74) is 13.5. The minimum Gasteiger partial charge on any atom is -0.385 e. The van der Waals surface area contributed by atoms with Crippen molar-refractivity contribution >= 4 is 23.2 Å². The van der Waals surface area contributed by atoms with Crippen molar-refractivity contribution in [3.8, 4) is 0 Å². The van der Waals surface area contributed by atoms with Gasteiger partial charge in [-0.3, -0.25) is 9.59 Å². The summed E-state index contributed by atoms with van der Waals surface area (Å²) in [6.07, 6.45) is 2.05. The Labute approximate surface area is 111 Å². The van der Waals surface area contributed by atoms with E-state index in [4.69, 9.17) is 11.5 Å². The van der Waals surface area contributed by atoms with Gasteiger partial charge in [-0.15, -0.1) is 0 Å². The monoisotopic (exact) mass is 262 g/mol. The highest BCUT2D eigenvalue weighted by Crippen LogP contribution is 2.26. The maximum atomic E-state index is 11.1. The number of rotatable bonds is 5. The highest BCUT2D eigenvalue weighted by atomic mass is 16.2. The van der Waals surface area contributed by atoms with E-state index in [1.165, 1.54) is 5.56 Å². The molecule has 1 aromatic rings. The van der Waals surface area contributed by atoms with Gasteiger partial charge in [0.05, 0.1) is 13.1 Å². The normalized spacial score (nSPS) is 13.3. The molecule has 1 aliphatic heterocycles. The van der Waals surface area contributed by atoms with Crippen molar-refractivity contribution in [2.45, 2.75) is 12.8 Å². The second kappa shape index (κ2) is 5.60. The fourth-order valence-electron chi connectivity index (χ4n) is 2.27. The standard InChI is InChI=1S/C13H18N4O2/c14-12(18)7-17(8-13(15)19)10-3-4-11-9(6-10)2-1-5-16-11/h3-4,6,16H,1-2,5,7-8H2,(H2,14,18)(H2,15,19). The number of fused-ring (bicyclic) bond motifs is 1. The largest absolute Gasteiger partial charge is 0.385 e. The van der Waals surface area contributed by atoms with Gasteiger partial charge in [-0.25, -0.2) is 0 Å². The van der Waals surface area contributed by atoms with Crippen molar-refractivity contribution in [1.29, 1.82) is 0 Å². The molecule has 102 valence electrons. The second-order valence-corrected chi connectivity index (χ2v) is 4.66. The average molecular weight is 262 g/mol. The first-order valence-corrected chi connectivity index (χ1v) is 6.24. The molecule has 0 spiro atoms. The lowest BCUT2D eigenvalue weighted by atomic mass is 10.0. The van der Waals surface area contributed by atoms with Crippen LogP contribution in [0.1, 0.15) is 12.0 Å². The van der Waals surface area contributed by atoms with Crippen LogP contribution in [0.4, 0.5) is 11.4 Å². The number of benzene rings is 1. The van der Waals surface area contributed by atoms with Crippen LogP contribution in [0.5, 0.6) is 0 Å². The van der Waals surface area contributed by atoms with Crippen molar-refractivity contribution in [2.24, 2.45) is 11.5 Å². The molecule has 2 amide bonds. The lowest BCUT2D eigenvalue weighted by Gasteiger charge is -2.25. The van der Waals surface area contributed by atoms with Gasteiger partial charge in [0, 0.05) is 17.9 Å². The maximum Gasteiger partial charge on any atom is 0.236 e. The lowest BCUT2D eigenvalue weighted by molar-refractivity contribution is -0.117. The number of nitrogens with zero attached hydrogens (tertiary/aromatic N) is 1. The van der Waals surface area contributed by atoms with Gasteiger partial charge in [0.1, 0.15) is 0 Å². The van der Waals surface area contributed by atoms with Crippen molar-refractivity contribution in [2.75, 3.05) is 29.9 Å². The van der Waals surface area contributed by atoms with E-state index in [0.717, 1.165) is 30.8 Å². The molecule has 1 aromatic carbocycles. The Balaban J connectivity index is 2.25. The molecule has 0 radical (unpaired) electrons. The van der Waals surface area contributed by atoms with Crippen LogP contribution in [-0.2, 0) is 16.0 Å². The minimum absolute atomic E-state index is 0.0187. The summed E-state index contributed by atoms with van der Waals surface area (Å²) in [4.78, 5) is 23.7. The van der Waals surface area contributed by atoms with E-state index in [9.17, 15) is 9.59 Å². The van der Waals surface area contributed by atoms with Gasteiger partial charge in [0.2, 0.25) is 11.8 Å². The molecular weight excluding hydrogens is 244 g/mol. The number of nitrogens with two attached hydrogens (primary N) is 2. The van der Waals surface area contributed by atoms with Crippen LogP contribution < -0.4 is 21.7 Å². The van der Waals surface area contributed by atoms with Gasteiger partial charge in [0.15, 0.2) is 0 Å². The molecule has 1 heterocycles. The summed E-state index contributed by atoms with van der Waals surface area (Å²) < 4.78 is 0. The molecule has 0 aliphatic carbocycles. The zero-order chi connectivity index (χ0) is 13.8. The Bertz CT molecular complexity index is 485. The van der Waals surface area contributed by atoms with E-state index >= 15 is 0 Å². The van der Waals surface area contributed by atoms with E-state index in [-0.39, 0.29) is 13.1 Å². The van der Waals surface area contributed by atoms with Crippen molar-refractivity contribution in [1.82, 2.24) is 0 Å². The molecule has 0 atom stereocenters. The molecule has 0 unspecified atom stereocenters. The molecule has 0 bridgehead atoms. The maximum absolute atomic E-state index is 11.1. The Morgan fingerprint density at radius 3 is 2.53 bits per heavy atom. The zero-order valence-corrected chi connectivity index (χ0v) is 10.7. The van der Waals surface area contributed by atoms with E-state index in [1.54, 1.807) is 4.90 Å². The van der Waals surface area contributed by atoms with E-state index < -0.39 is 11.8 Å². The summed E-state index contributed by atoms with van der Waals surface area (Å²) in [6, 6.07) is 5.80. The first kappa shape index (κ1) is 13.2. The van der Waals surface area contributed by atoms with Gasteiger partial charge >= 0.3 is 0 Å². The lowest BCUT2D eigenvalue weighted by Crippen LogP contribution is -2.39. The Morgan fingerprint density at radius 1 is 1.21 bits per heavy atom. The second-order valence-electron chi connectivity index (χ2n) is 4.66. The van der Waals surface area contributed by atoms with Gasteiger partial charge in [-0.2, -0.15) is 0 Å². The number of carbonyl (C=O) groups is 2. The highest BCUT2D eigenvalue weighted by molar-refractivity contribution is 5.85. The fraction of sp³-hybridized carbons (Fsp3) is 0.385. The van der Waals surface area contributed by atoms with Crippen LogP contribution in [-0.4, -0.2) is 31.4 Å². The molecule has 0 saturated heterocycles. The van der Waals surface area contributed by atoms with Gasteiger partial charge in [-0.05, 0) is 36.6 Å². The quantitative estimate of drug-likeness (QED) is 0.685. The number of nitrogens with one attached hydrogen (secondary N) is 1. The predicted molar refractivity (Wildman–Crippen MR) is 73.9 cm³/mol. The van der Waals surface area contributed by atoms with Crippen LogP contribution in [0, 0.1) is 0 Å². The number of primary amides is 2. The first-order valence-electron chi connectivity index (χ1n) is 6.24. The number of aryl methyl sites for hydroxylation is 1. The topological polar surface area (TPSA) is 101 Å². The predicted octanol–water partition coefficient (Wildman–Crippen LogP) is -0.178. The van der Waals surface area contributed by atoms with Crippen LogP contribution in [0.2, 0.25) is 0 Å². The van der Waals surface area contributed by atoms with Crippen LogP contribution in [0.25, 0.3) is 0 Å². The first-order chi connectivity index (χ1) is 9.06. The van der Waals surface area contributed by atoms with E-state index in [0.29, 0.717) is 0 Å². The fourth-order valence-corrected chi connectivity index (χ4v) is 2.27. The molecule has 6 nitrogen and oxygen atoms in total. The molecule has 0 aromatic heterocycles. The van der Waals surface area contributed by atoms with Crippen molar-refractivity contribution < 1.29 is 9.59 Å². The molecule has 6 heteroatoms. The van der Waals surface area contributed by atoms with Gasteiger partial charge in [-0.1, -0.05) is 0 Å². The minimum atomic E-state index is -0.489. The summed E-state index contributed by atoms with van der Waals surface area (Å²) in [7, 11) is 0. The molecular formula is C13H18N4O2. The number of hydrogen-bond acceptors (Lipinski definition) is 4. The Kier molecular flexibility index (Phi) is 3.89. The third kappa shape index (κ3) is 3.37. The summed E-state index contributed by atoms with van der Waals surface area (Å²) in [5, 5.41) is 3.31. The third-order valence-electron chi connectivity index (χ3n) is 3.09. The molecule has 5 N–H and O–H groups in total. The molecule has 0 fully saturated rings. The van der Waals surface area contributed by atoms with Crippen LogP contribution in [0.15, 0.2) is 18.2 Å². The van der Waals surface area contributed by atoms with Gasteiger partial charge < -0.3 is 21.7 Å². The molecule has 1 aliphatic rings. The van der Waals surface area contributed by atoms with E-state index in [2.05, 4.69) is 5.32 Å². The van der Waals surface area contributed by atoms with Crippen LogP contribution in [0.3, 0.4) is 0 Å². The Morgan fingerprint density at radius 2 is 1.89 bits per heavy atom. The highest BCUT2D eigenvalue weighted by Gasteiger charge is 2.15. The smallest absolute Gasteiger partial charge is 0.236 e. The number of amides is 2. The average Bonchev–Trinajstić information content (AvgIpc) is 2.36. The molecule has 2 rings (SSSR count). The van der Waals surface area contributed by atoms with E-state index in [1.807, 2.05) is 18.2 Å². The van der Waals surface area contributed by atoms with Crippen molar-refractivity contribution in [3.63, 3.8) is 0 Å².